The molecule has 0 amide bonds. The van der Waals surface area contributed by atoms with Crippen molar-refractivity contribution in [3.8, 4) is 5.75 Å². The summed E-state index contributed by atoms with van der Waals surface area (Å²) >= 11 is 1.18. The number of hydrogen-bond donors (Lipinski definition) is 1. The number of nitrogens with zero attached hydrogens (tertiary/aromatic N) is 1. The van der Waals surface area contributed by atoms with E-state index in [0.717, 1.165) is 10.3 Å². The number of sulfonamides is 1. The highest BCUT2D eigenvalue weighted by atomic mass is 32.2. The van der Waals surface area contributed by atoms with Crippen molar-refractivity contribution in [3.63, 3.8) is 0 Å². The highest BCUT2D eigenvalue weighted by Crippen LogP contribution is 2.36. The Labute approximate surface area is 204 Å². The van der Waals surface area contributed by atoms with Crippen molar-refractivity contribution in [2.24, 2.45) is 0 Å². The Balaban J connectivity index is 1.70. The molecule has 0 unspecified atom stereocenters. The monoisotopic (exact) mass is 507 g/mol. The van der Waals surface area contributed by atoms with Crippen LogP contribution in [0.1, 0.15) is 44.7 Å². The molecule has 3 rings (SSSR count). The van der Waals surface area contributed by atoms with Crippen LogP contribution in [0.15, 0.2) is 46.7 Å². The van der Waals surface area contributed by atoms with Gasteiger partial charge in [-0.1, -0.05) is 19.1 Å². The largest absolute Gasteiger partial charge is 0.478 e. The van der Waals surface area contributed by atoms with E-state index < -0.39 is 21.6 Å². The maximum absolute atomic E-state index is 13.7. The third-order valence-corrected chi connectivity index (χ3v) is 9.36. The summed E-state index contributed by atoms with van der Waals surface area (Å²) in [6.07, 6.45) is 1.97. The Morgan fingerprint density at radius 2 is 1.82 bits per heavy atom. The van der Waals surface area contributed by atoms with E-state index in [1.54, 1.807) is 25.1 Å². The fourth-order valence-corrected chi connectivity index (χ4v) is 7.11. The molecule has 1 heterocycles. The number of carbonyl (C=O) groups is 1. The van der Waals surface area contributed by atoms with Crippen molar-refractivity contribution >= 4 is 37.4 Å². The molecule has 0 fully saturated rings. The molecule has 2 aromatic carbocycles. The van der Waals surface area contributed by atoms with Gasteiger partial charge in [-0.2, -0.15) is 4.31 Å². The number of fused-ring (bicyclic) bond motifs is 1. The molecule has 9 heteroatoms. The number of rotatable bonds is 11. The first-order valence-corrected chi connectivity index (χ1v) is 13.4. The summed E-state index contributed by atoms with van der Waals surface area (Å²) in [6, 6.07) is 11.5. The highest BCUT2D eigenvalue weighted by molar-refractivity contribution is 7.91. The second-order valence-corrected chi connectivity index (χ2v) is 11.9. The van der Waals surface area contributed by atoms with Crippen LogP contribution in [0.3, 0.4) is 0 Å². The summed E-state index contributed by atoms with van der Waals surface area (Å²) in [4.78, 5) is 11.2. The van der Waals surface area contributed by atoms with E-state index in [1.807, 2.05) is 19.1 Å². The van der Waals surface area contributed by atoms with Gasteiger partial charge < -0.3 is 9.84 Å². The molecule has 0 saturated carbocycles. The standard InChI is InChI=1S/C25H30FNO5S2/c1-5-14-27(34(30,31)23-17(2)21-16-19(26)10-13-22(21)33-23)15-6-7-18-8-11-20(12-9-18)32-25(3,4)24(28)29/h8-13,16H,5-7,14-15H2,1-4H3,(H,28,29). The molecule has 0 spiro atoms. The zero-order valence-corrected chi connectivity index (χ0v) is 21.4. The SMILES string of the molecule is CCCN(CCCc1ccc(OC(C)(C)C(=O)O)cc1)S(=O)(=O)c1sc2ccc(F)cc2c1C. The van der Waals surface area contributed by atoms with Crippen LogP contribution in [0.2, 0.25) is 0 Å². The van der Waals surface area contributed by atoms with Gasteiger partial charge in [-0.25, -0.2) is 17.6 Å². The predicted octanol–water partition coefficient (Wildman–Crippen LogP) is 5.62. The Hall–Kier alpha value is -2.49. The number of aliphatic carboxylic acids is 1. The van der Waals surface area contributed by atoms with Crippen LogP contribution in [0, 0.1) is 12.7 Å². The molecule has 0 bridgehead atoms. The van der Waals surface area contributed by atoms with Crippen molar-refractivity contribution in [1.82, 2.24) is 4.31 Å². The molecule has 0 aliphatic rings. The first-order chi connectivity index (χ1) is 16.0. The van der Waals surface area contributed by atoms with E-state index in [1.165, 1.54) is 41.6 Å². The number of thiophene rings is 1. The third kappa shape index (κ3) is 5.76. The van der Waals surface area contributed by atoms with Crippen LogP contribution >= 0.6 is 11.3 Å². The summed E-state index contributed by atoms with van der Waals surface area (Å²) in [6.45, 7) is 7.41. The summed E-state index contributed by atoms with van der Waals surface area (Å²) < 4.78 is 48.6. The minimum absolute atomic E-state index is 0.268. The summed E-state index contributed by atoms with van der Waals surface area (Å²) in [5.41, 5.74) is 0.260. The second-order valence-electron chi connectivity index (χ2n) is 8.72. The van der Waals surface area contributed by atoms with Gasteiger partial charge in [0.1, 0.15) is 15.8 Å². The topological polar surface area (TPSA) is 83.9 Å². The molecule has 0 aliphatic carbocycles. The van der Waals surface area contributed by atoms with Gasteiger partial charge >= 0.3 is 5.97 Å². The average molecular weight is 508 g/mol. The van der Waals surface area contributed by atoms with Gasteiger partial charge in [0.2, 0.25) is 0 Å². The molecule has 6 nitrogen and oxygen atoms in total. The number of carboxylic acids is 1. The Morgan fingerprint density at radius 1 is 1.15 bits per heavy atom. The molecule has 34 heavy (non-hydrogen) atoms. The Bertz CT molecular complexity index is 1270. The molecule has 3 aromatic rings. The van der Waals surface area contributed by atoms with Crippen molar-refractivity contribution < 1.29 is 27.4 Å². The zero-order valence-electron chi connectivity index (χ0n) is 19.8. The van der Waals surface area contributed by atoms with Gasteiger partial charge in [0.05, 0.1) is 0 Å². The summed E-state index contributed by atoms with van der Waals surface area (Å²) in [7, 11) is -3.70. The lowest BCUT2D eigenvalue weighted by Gasteiger charge is -2.22. The number of hydrogen-bond acceptors (Lipinski definition) is 5. The number of benzene rings is 2. The van der Waals surface area contributed by atoms with E-state index in [9.17, 15) is 22.7 Å². The van der Waals surface area contributed by atoms with Crippen molar-refractivity contribution in [2.45, 2.75) is 56.8 Å². The maximum atomic E-state index is 13.7. The van der Waals surface area contributed by atoms with Crippen LogP contribution in [-0.2, 0) is 21.2 Å². The number of halogens is 1. The van der Waals surface area contributed by atoms with Crippen molar-refractivity contribution in [1.29, 1.82) is 0 Å². The fourth-order valence-electron chi connectivity index (χ4n) is 3.66. The van der Waals surface area contributed by atoms with Gasteiger partial charge in [0, 0.05) is 17.8 Å². The van der Waals surface area contributed by atoms with Crippen LogP contribution in [0.25, 0.3) is 10.1 Å². The lowest BCUT2D eigenvalue weighted by molar-refractivity contribution is -0.152. The minimum atomic E-state index is -3.70. The number of aryl methyl sites for hydroxylation is 2. The first kappa shape index (κ1) is 26.1. The Kier molecular flexibility index (Phi) is 8.00. The van der Waals surface area contributed by atoms with E-state index in [4.69, 9.17) is 4.74 Å². The molecule has 0 aliphatic heterocycles. The molecular formula is C25H30FNO5S2. The van der Waals surface area contributed by atoms with Crippen molar-refractivity contribution in [2.75, 3.05) is 13.1 Å². The normalized spacial score (nSPS) is 12.4. The molecule has 184 valence electrons. The van der Waals surface area contributed by atoms with E-state index in [0.29, 0.717) is 49.1 Å². The summed E-state index contributed by atoms with van der Waals surface area (Å²) in [5, 5.41) is 9.83. The van der Waals surface area contributed by atoms with Gasteiger partial charge in [0.25, 0.3) is 10.0 Å². The minimum Gasteiger partial charge on any atom is -0.478 e. The zero-order chi connectivity index (χ0) is 25.1. The van der Waals surface area contributed by atoms with Gasteiger partial charge in [-0.15, -0.1) is 11.3 Å². The van der Waals surface area contributed by atoms with E-state index in [2.05, 4.69) is 0 Å². The molecule has 1 aromatic heterocycles. The third-order valence-electron chi connectivity index (χ3n) is 5.59. The highest BCUT2D eigenvalue weighted by Gasteiger charge is 2.30. The van der Waals surface area contributed by atoms with Gasteiger partial charge in [0.15, 0.2) is 5.60 Å². The van der Waals surface area contributed by atoms with Crippen LogP contribution in [0.4, 0.5) is 4.39 Å². The van der Waals surface area contributed by atoms with E-state index in [-0.39, 0.29) is 10.0 Å². The van der Waals surface area contributed by atoms with Crippen molar-refractivity contribution in [3.05, 3.63) is 59.4 Å². The van der Waals surface area contributed by atoms with Gasteiger partial charge in [-0.05, 0) is 86.9 Å². The fraction of sp³-hybridized carbons (Fsp3) is 0.400. The van der Waals surface area contributed by atoms with Crippen LogP contribution < -0.4 is 4.74 Å². The predicted molar refractivity (Wildman–Crippen MR) is 133 cm³/mol. The molecule has 1 N–H and O–H groups in total. The first-order valence-electron chi connectivity index (χ1n) is 11.2. The summed E-state index contributed by atoms with van der Waals surface area (Å²) in [5.74, 6) is -0.971. The quantitative estimate of drug-likeness (QED) is 0.364. The van der Waals surface area contributed by atoms with E-state index >= 15 is 0 Å². The lowest BCUT2D eigenvalue weighted by Crippen LogP contribution is -2.37. The smallest absolute Gasteiger partial charge is 0.347 e. The van der Waals surface area contributed by atoms with Crippen LogP contribution in [0.5, 0.6) is 5.75 Å². The number of carboxylic acid groups (broad SMARTS) is 1. The molecular weight excluding hydrogens is 477 g/mol. The van der Waals surface area contributed by atoms with Crippen LogP contribution in [-0.4, -0.2) is 42.5 Å². The molecule has 0 saturated heterocycles. The lowest BCUT2D eigenvalue weighted by atomic mass is 10.1. The Morgan fingerprint density at radius 3 is 2.44 bits per heavy atom. The average Bonchev–Trinajstić information content (AvgIpc) is 3.10. The second kappa shape index (κ2) is 10.4. The number of ether oxygens (including phenoxy) is 1. The van der Waals surface area contributed by atoms with Gasteiger partial charge in [-0.3, -0.25) is 0 Å². The molecule has 0 atom stereocenters. The maximum Gasteiger partial charge on any atom is 0.347 e. The molecule has 0 radical (unpaired) electrons.